The molecule has 0 aliphatic carbocycles. The number of hydrogen-bond acceptors (Lipinski definition) is 4. The van der Waals surface area contributed by atoms with Crippen LogP contribution in [0.3, 0.4) is 0 Å². The Morgan fingerprint density at radius 3 is 2.69 bits per heavy atom. The molecule has 1 aliphatic rings. The maximum atomic E-state index is 12.7. The van der Waals surface area contributed by atoms with Crippen molar-refractivity contribution in [2.45, 2.75) is 25.8 Å². The van der Waals surface area contributed by atoms with Gasteiger partial charge in [0.15, 0.2) is 0 Å². The Bertz CT molecular complexity index is 800. The molecule has 0 bridgehead atoms. The lowest BCUT2D eigenvalue weighted by molar-refractivity contribution is -0.139. The minimum atomic E-state index is -0.458. The molecule has 2 heterocycles. The van der Waals surface area contributed by atoms with Crippen molar-refractivity contribution in [2.24, 2.45) is 0 Å². The van der Waals surface area contributed by atoms with Crippen LogP contribution in [0.1, 0.15) is 29.8 Å². The number of amides is 2. The topological polar surface area (TPSA) is 58.6 Å². The van der Waals surface area contributed by atoms with E-state index in [-0.39, 0.29) is 12.0 Å². The Morgan fingerprint density at radius 1 is 1.23 bits per heavy atom. The van der Waals surface area contributed by atoms with E-state index in [1.807, 2.05) is 35.7 Å². The highest BCUT2D eigenvalue weighted by Crippen LogP contribution is 2.32. The number of nitrogens with one attached hydrogen (secondary N) is 1. The van der Waals surface area contributed by atoms with Crippen molar-refractivity contribution in [1.82, 2.24) is 10.2 Å². The monoisotopic (exact) mass is 370 g/mol. The lowest BCUT2D eigenvalue weighted by Crippen LogP contribution is -2.46. The molecule has 6 heteroatoms. The van der Waals surface area contributed by atoms with Gasteiger partial charge in [0.1, 0.15) is 0 Å². The van der Waals surface area contributed by atoms with Gasteiger partial charge in [0.05, 0.1) is 18.2 Å². The molecule has 1 aromatic heterocycles. The number of carbonyl (C=O) groups is 2. The smallest absolute Gasteiger partial charge is 0.338 e. The van der Waals surface area contributed by atoms with Crippen molar-refractivity contribution in [1.29, 1.82) is 0 Å². The second kappa shape index (κ2) is 8.19. The third kappa shape index (κ3) is 3.96. The first kappa shape index (κ1) is 18.2. The largest absolute Gasteiger partial charge is 0.462 e. The van der Waals surface area contributed by atoms with Gasteiger partial charge in [0, 0.05) is 17.6 Å². The molecule has 1 atom stereocenters. The lowest BCUT2D eigenvalue weighted by atomic mass is 10.0. The average Bonchev–Trinajstić information content (AvgIpc) is 3.18. The zero-order chi connectivity index (χ0) is 18.5. The van der Waals surface area contributed by atoms with Crippen LogP contribution in [0.25, 0.3) is 0 Å². The van der Waals surface area contributed by atoms with E-state index in [4.69, 9.17) is 4.74 Å². The maximum Gasteiger partial charge on any atom is 0.338 e. The third-order valence-electron chi connectivity index (χ3n) is 4.49. The molecule has 26 heavy (non-hydrogen) atoms. The number of aryl methyl sites for hydroxylation is 1. The molecule has 136 valence electrons. The second-order valence-corrected chi connectivity index (χ2v) is 7.16. The lowest BCUT2D eigenvalue weighted by Gasteiger charge is -2.32. The molecule has 1 aliphatic heterocycles. The molecule has 0 radical (unpaired) electrons. The van der Waals surface area contributed by atoms with Crippen molar-refractivity contribution in [3.8, 4) is 0 Å². The van der Waals surface area contributed by atoms with Crippen LogP contribution in [0.15, 0.2) is 59.1 Å². The van der Waals surface area contributed by atoms with Gasteiger partial charge >= 0.3 is 12.0 Å². The molecule has 5 nitrogen and oxygen atoms in total. The van der Waals surface area contributed by atoms with Gasteiger partial charge < -0.3 is 15.0 Å². The highest BCUT2D eigenvalue weighted by Gasteiger charge is 2.35. The van der Waals surface area contributed by atoms with Crippen LogP contribution < -0.4 is 5.32 Å². The molecule has 0 saturated carbocycles. The highest BCUT2D eigenvalue weighted by atomic mass is 32.1. The Kier molecular flexibility index (Phi) is 5.73. The van der Waals surface area contributed by atoms with Gasteiger partial charge in [-0.2, -0.15) is 0 Å². The van der Waals surface area contributed by atoms with Crippen LogP contribution in [0.2, 0.25) is 0 Å². The SMILES string of the molecule is CC1=C(C(=O)OCCCc2ccccc2)[C@@H](c2cccs2)NC(=O)N1C. The van der Waals surface area contributed by atoms with E-state index in [0.717, 1.165) is 17.7 Å². The average molecular weight is 370 g/mol. The van der Waals surface area contributed by atoms with E-state index in [1.165, 1.54) is 21.8 Å². The summed E-state index contributed by atoms with van der Waals surface area (Å²) in [4.78, 5) is 27.2. The van der Waals surface area contributed by atoms with E-state index in [0.29, 0.717) is 17.9 Å². The van der Waals surface area contributed by atoms with Crippen molar-refractivity contribution >= 4 is 23.3 Å². The number of allylic oxidation sites excluding steroid dienone is 1. The standard InChI is InChI=1S/C20H22N2O3S/c1-14-17(18(16-11-7-13-26-16)21-20(24)22(14)2)19(23)25-12-6-10-15-8-4-3-5-9-15/h3-5,7-9,11,13,18H,6,10,12H2,1-2H3,(H,21,24)/t18-/m1/s1. The van der Waals surface area contributed by atoms with Crippen molar-refractivity contribution in [3.05, 3.63) is 69.6 Å². The van der Waals surface area contributed by atoms with Gasteiger partial charge in [-0.3, -0.25) is 0 Å². The van der Waals surface area contributed by atoms with Gasteiger partial charge in [0.2, 0.25) is 0 Å². The summed E-state index contributed by atoms with van der Waals surface area (Å²) in [6.45, 7) is 2.12. The van der Waals surface area contributed by atoms with E-state index < -0.39 is 6.04 Å². The number of carbonyl (C=O) groups excluding carboxylic acids is 2. The summed E-state index contributed by atoms with van der Waals surface area (Å²) >= 11 is 1.51. The first-order valence-corrected chi connectivity index (χ1v) is 9.45. The Labute approximate surface area is 157 Å². The number of urea groups is 1. The fourth-order valence-corrected chi connectivity index (χ4v) is 3.72. The number of esters is 1. The number of nitrogens with zero attached hydrogens (tertiary/aromatic N) is 1. The molecule has 2 amide bonds. The minimum Gasteiger partial charge on any atom is -0.462 e. The van der Waals surface area contributed by atoms with Crippen LogP contribution in [0.5, 0.6) is 0 Å². The maximum absolute atomic E-state index is 12.7. The Balaban J connectivity index is 1.67. The second-order valence-electron chi connectivity index (χ2n) is 6.18. The van der Waals surface area contributed by atoms with Gasteiger partial charge in [-0.05, 0) is 36.8 Å². The number of thiophene rings is 1. The summed E-state index contributed by atoms with van der Waals surface area (Å²) in [5.41, 5.74) is 2.34. The van der Waals surface area contributed by atoms with Crippen LogP contribution in [0, 0.1) is 0 Å². The van der Waals surface area contributed by atoms with E-state index in [1.54, 1.807) is 14.0 Å². The van der Waals surface area contributed by atoms with Crippen LogP contribution >= 0.6 is 11.3 Å². The predicted octanol–water partition coefficient (Wildman–Crippen LogP) is 3.89. The van der Waals surface area contributed by atoms with Crippen LogP contribution in [-0.4, -0.2) is 30.6 Å². The van der Waals surface area contributed by atoms with E-state index >= 15 is 0 Å². The van der Waals surface area contributed by atoms with Crippen molar-refractivity contribution in [2.75, 3.05) is 13.7 Å². The molecule has 0 spiro atoms. The number of hydrogen-bond donors (Lipinski definition) is 1. The fraction of sp³-hybridized carbons (Fsp3) is 0.300. The molecule has 2 aromatic rings. The third-order valence-corrected chi connectivity index (χ3v) is 5.42. The molecular weight excluding hydrogens is 348 g/mol. The zero-order valence-corrected chi connectivity index (χ0v) is 15.7. The molecule has 0 fully saturated rings. The minimum absolute atomic E-state index is 0.221. The molecule has 1 N–H and O–H groups in total. The summed E-state index contributed by atoms with van der Waals surface area (Å²) in [6.07, 6.45) is 1.62. The Morgan fingerprint density at radius 2 is 2.00 bits per heavy atom. The molecule has 0 unspecified atom stereocenters. The number of ether oxygens (including phenoxy) is 1. The van der Waals surface area contributed by atoms with Gasteiger partial charge in [-0.15, -0.1) is 11.3 Å². The van der Waals surface area contributed by atoms with Crippen LogP contribution in [0.4, 0.5) is 4.79 Å². The summed E-state index contributed by atoms with van der Waals surface area (Å²) in [5, 5.41) is 4.81. The highest BCUT2D eigenvalue weighted by molar-refractivity contribution is 7.10. The molecule has 1 aromatic carbocycles. The van der Waals surface area contributed by atoms with Crippen LogP contribution in [-0.2, 0) is 16.0 Å². The summed E-state index contributed by atoms with van der Waals surface area (Å²) in [5.74, 6) is -0.374. The quantitative estimate of drug-likeness (QED) is 0.620. The van der Waals surface area contributed by atoms with Crippen molar-refractivity contribution in [3.63, 3.8) is 0 Å². The molecule has 0 saturated heterocycles. The first-order chi connectivity index (χ1) is 12.6. The fourth-order valence-electron chi connectivity index (χ4n) is 2.93. The van der Waals surface area contributed by atoms with Crippen molar-refractivity contribution < 1.29 is 14.3 Å². The summed E-state index contributed by atoms with van der Waals surface area (Å²) in [6, 6.07) is 13.3. The van der Waals surface area contributed by atoms with Gasteiger partial charge in [-0.25, -0.2) is 9.59 Å². The first-order valence-electron chi connectivity index (χ1n) is 8.57. The molecule has 3 rings (SSSR count). The van der Waals surface area contributed by atoms with E-state index in [9.17, 15) is 9.59 Å². The van der Waals surface area contributed by atoms with E-state index in [2.05, 4.69) is 17.4 Å². The normalized spacial score (nSPS) is 17.2. The Hall–Kier alpha value is -2.60. The molecular formula is C20H22N2O3S. The predicted molar refractivity (Wildman–Crippen MR) is 102 cm³/mol. The zero-order valence-electron chi connectivity index (χ0n) is 14.9. The number of benzene rings is 1. The number of rotatable bonds is 6. The van der Waals surface area contributed by atoms with Gasteiger partial charge in [0.25, 0.3) is 0 Å². The summed E-state index contributed by atoms with van der Waals surface area (Å²) < 4.78 is 5.52. The summed E-state index contributed by atoms with van der Waals surface area (Å²) in [7, 11) is 1.65. The van der Waals surface area contributed by atoms with Gasteiger partial charge in [-0.1, -0.05) is 36.4 Å².